The molecule has 2 aliphatic rings. The van der Waals surface area contributed by atoms with E-state index in [9.17, 15) is 9.18 Å². The lowest BCUT2D eigenvalue weighted by Gasteiger charge is -2.19. The Morgan fingerprint density at radius 2 is 1.92 bits per heavy atom. The van der Waals surface area contributed by atoms with Crippen LogP contribution in [0.15, 0.2) is 48.5 Å². The molecule has 2 atom stereocenters. The molecule has 1 N–H and O–H groups in total. The van der Waals surface area contributed by atoms with Crippen molar-refractivity contribution >= 4 is 17.4 Å². The fraction of sp³-hybridized carbons (Fsp3) is 0.350. The van der Waals surface area contributed by atoms with Gasteiger partial charge in [0, 0.05) is 11.6 Å². The van der Waals surface area contributed by atoms with Crippen molar-refractivity contribution in [3.8, 4) is 0 Å². The number of carbonyl (C=O) groups is 1. The maximum absolute atomic E-state index is 13.4. The number of carbonyl (C=O) groups excluding carboxylic acids is 1. The highest BCUT2D eigenvalue weighted by Gasteiger charge is 2.53. The zero-order valence-corrected chi connectivity index (χ0v) is 14.0. The lowest BCUT2D eigenvalue weighted by Crippen LogP contribution is -2.38. The van der Waals surface area contributed by atoms with Crippen LogP contribution in [0.3, 0.4) is 0 Å². The molecular formula is C20H19ClFNO. The van der Waals surface area contributed by atoms with Crippen molar-refractivity contribution in [2.75, 3.05) is 6.54 Å². The van der Waals surface area contributed by atoms with Gasteiger partial charge in [-0.2, -0.15) is 0 Å². The van der Waals surface area contributed by atoms with E-state index in [2.05, 4.69) is 5.32 Å². The van der Waals surface area contributed by atoms with Gasteiger partial charge in [-0.15, -0.1) is 0 Å². The highest BCUT2D eigenvalue weighted by Crippen LogP contribution is 2.50. The summed E-state index contributed by atoms with van der Waals surface area (Å²) < 4.78 is 13.4. The molecule has 0 amide bonds. The van der Waals surface area contributed by atoms with E-state index in [0.717, 1.165) is 36.9 Å². The lowest BCUT2D eigenvalue weighted by molar-refractivity contribution is -0.123. The van der Waals surface area contributed by atoms with E-state index in [1.54, 1.807) is 12.1 Å². The summed E-state index contributed by atoms with van der Waals surface area (Å²) in [5, 5.41) is 4.04. The van der Waals surface area contributed by atoms with Crippen molar-refractivity contribution in [3.63, 3.8) is 0 Å². The third-order valence-electron chi connectivity index (χ3n) is 5.39. The summed E-state index contributed by atoms with van der Waals surface area (Å²) in [5.74, 6) is 0.237. The van der Waals surface area contributed by atoms with Crippen LogP contribution in [0.4, 0.5) is 4.39 Å². The Morgan fingerprint density at radius 1 is 1.17 bits per heavy atom. The molecule has 0 spiro atoms. The number of halogens is 2. The molecule has 0 aromatic heterocycles. The molecule has 0 radical (unpaired) electrons. The Labute approximate surface area is 146 Å². The Balaban J connectivity index is 1.51. The molecule has 4 heteroatoms. The molecule has 1 saturated heterocycles. The number of ketones is 1. The molecule has 1 heterocycles. The number of hydrogen-bond acceptors (Lipinski definition) is 2. The quantitative estimate of drug-likeness (QED) is 0.900. The fourth-order valence-corrected chi connectivity index (χ4v) is 3.98. The van der Waals surface area contributed by atoms with Crippen LogP contribution in [0.2, 0.25) is 5.02 Å². The molecule has 2 unspecified atom stereocenters. The number of rotatable bonds is 4. The smallest absolute Gasteiger partial charge is 0.160 e. The van der Waals surface area contributed by atoms with E-state index in [-0.39, 0.29) is 29.0 Å². The highest BCUT2D eigenvalue weighted by atomic mass is 35.5. The number of nitrogens with one attached hydrogen (secondary N) is 1. The Hall–Kier alpha value is -1.71. The largest absolute Gasteiger partial charge is 0.307 e. The van der Waals surface area contributed by atoms with E-state index < -0.39 is 0 Å². The van der Waals surface area contributed by atoms with Crippen molar-refractivity contribution in [3.05, 3.63) is 70.5 Å². The van der Waals surface area contributed by atoms with E-state index in [0.29, 0.717) is 5.02 Å². The van der Waals surface area contributed by atoms with Gasteiger partial charge in [0.15, 0.2) is 5.78 Å². The zero-order valence-electron chi connectivity index (χ0n) is 13.3. The second-order valence-electron chi connectivity index (χ2n) is 6.90. The Bertz CT molecular complexity index is 769. The van der Waals surface area contributed by atoms with Gasteiger partial charge in [-0.05, 0) is 60.6 Å². The van der Waals surface area contributed by atoms with Crippen LogP contribution in [0.5, 0.6) is 0 Å². The molecule has 1 aliphatic carbocycles. The van der Waals surface area contributed by atoms with Crippen molar-refractivity contribution in [2.45, 2.75) is 36.6 Å². The maximum atomic E-state index is 13.4. The minimum atomic E-state index is -0.348. The third kappa shape index (κ3) is 2.76. The fourth-order valence-electron chi connectivity index (χ4n) is 3.85. The van der Waals surface area contributed by atoms with E-state index in [1.165, 1.54) is 6.07 Å². The summed E-state index contributed by atoms with van der Waals surface area (Å²) >= 11 is 5.96. The predicted molar refractivity (Wildman–Crippen MR) is 92.9 cm³/mol. The third-order valence-corrected chi connectivity index (χ3v) is 5.64. The standard InChI is InChI=1S/C20H19ClFNO/c21-16-6-4-15(5-7-16)20(8-9-20)19(24)18-11-14(12-23-18)13-2-1-3-17(22)10-13/h1-7,10,14,18,23H,8-9,11-12H2. The lowest BCUT2D eigenvalue weighted by atomic mass is 9.85. The molecule has 1 aliphatic heterocycles. The molecule has 24 heavy (non-hydrogen) atoms. The van der Waals surface area contributed by atoms with Gasteiger partial charge >= 0.3 is 0 Å². The first-order valence-corrected chi connectivity index (χ1v) is 8.75. The highest BCUT2D eigenvalue weighted by molar-refractivity contribution is 6.30. The Morgan fingerprint density at radius 3 is 2.58 bits per heavy atom. The average molecular weight is 344 g/mol. The molecule has 2 aromatic rings. The van der Waals surface area contributed by atoms with Crippen molar-refractivity contribution in [2.24, 2.45) is 0 Å². The predicted octanol–water partition coefficient (Wildman–Crippen LogP) is 4.23. The van der Waals surface area contributed by atoms with Gasteiger partial charge in [0.25, 0.3) is 0 Å². The molecule has 124 valence electrons. The Kier molecular flexibility index (Phi) is 3.93. The van der Waals surface area contributed by atoms with E-state index >= 15 is 0 Å². The van der Waals surface area contributed by atoms with Gasteiger partial charge in [-0.3, -0.25) is 4.79 Å². The molecule has 1 saturated carbocycles. The van der Waals surface area contributed by atoms with Crippen LogP contribution in [0, 0.1) is 5.82 Å². The number of hydrogen-bond donors (Lipinski definition) is 1. The second-order valence-corrected chi connectivity index (χ2v) is 7.34. The zero-order chi connectivity index (χ0) is 16.7. The van der Waals surface area contributed by atoms with Gasteiger partial charge in [-0.25, -0.2) is 4.39 Å². The van der Waals surface area contributed by atoms with Crippen LogP contribution < -0.4 is 5.32 Å². The van der Waals surface area contributed by atoms with Crippen LogP contribution in [0.1, 0.15) is 36.3 Å². The summed E-state index contributed by atoms with van der Waals surface area (Å²) in [6.07, 6.45) is 2.53. The van der Waals surface area contributed by atoms with Crippen LogP contribution in [-0.2, 0) is 10.2 Å². The first kappa shape index (κ1) is 15.8. The molecule has 2 aromatic carbocycles. The van der Waals surface area contributed by atoms with Gasteiger partial charge < -0.3 is 5.32 Å². The van der Waals surface area contributed by atoms with E-state index in [1.807, 2.05) is 30.3 Å². The summed E-state index contributed by atoms with van der Waals surface area (Å²) in [6.45, 7) is 0.719. The van der Waals surface area contributed by atoms with E-state index in [4.69, 9.17) is 11.6 Å². The first-order valence-electron chi connectivity index (χ1n) is 8.38. The number of Topliss-reactive ketones (excluding diaryl/α,β-unsaturated/α-hetero) is 1. The molecule has 0 bridgehead atoms. The molecular weight excluding hydrogens is 325 g/mol. The summed E-state index contributed by atoms with van der Waals surface area (Å²) in [7, 11) is 0. The maximum Gasteiger partial charge on any atom is 0.160 e. The van der Waals surface area contributed by atoms with Crippen molar-refractivity contribution < 1.29 is 9.18 Å². The van der Waals surface area contributed by atoms with Gasteiger partial charge in [0.05, 0.1) is 11.5 Å². The number of benzene rings is 2. The minimum Gasteiger partial charge on any atom is -0.307 e. The SMILES string of the molecule is O=C(C1CC(c2cccc(F)c2)CN1)C1(c2ccc(Cl)cc2)CC1. The van der Waals surface area contributed by atoms with Gasteiger partial charge in [0.2, 0.25) is 0 Å². The van der Waals surface area contributed by atoms with Gasteiger partial charge in [0.1, 0.15) is 5.82 Å². The monoisotopic (exact) mass is 343 g/mol. The molecule has 2 fully saturated rings. The molecule has 2 nitrogen and oxygen atoms in total. The van der Waals surface area contributed by atoms with Crippen LogP contribution in [0.25, 0.3) is 0 Å². The minimum absolute atomic E-state index is 0.156. The van der Waals surface area contributed by atoms with Gasteiger partial charge in [-0.1, -0.05) is 35.9 Å². The van der Waals surface area contributed by atoms with Crippen molar-refractivity contribution in [1.82, 2.24) is 5.32 Å². The van der Waals surface area contributed by atoms with Crippen LogP contribution in [-0.4, -0.2) is 18.4 Å². The first-order chi connectivity index (χ1) is 11.6. The molecule has 4 rings (SSSR count). The summed E-state index contributed by atoms with van der Waals surface area (Å²) in [5.41, 5.74) is 1.68. The second kappa shape index (κ2) is 5.98. The average Bonchev–Trinajstić information content (AvgIpc) is 3.24. The summed E-state index contributed by atoms with van der Waals surface area (Å²) in [4.78, 5) is 13.1. The normalized spacial score (nSPS) is 24.8. The van der Waals surface area contributed by atoms with Crippen molar-refractivity contribution in [1.29, 1.82) is 0 Å². The topological polar surface area (TPSA) is 29.1 Å². The van der Waals surface area contributed by atoms with Crippen LogP contribution >= 0.6 is 11.6 Å². The summed E-state index contributed by atoms with van der Waals surface area (Å²) in [6, 6.07) is 14.2.